The quantitative estimate of drug-likeness (QED) is 0.932. The van der Waals surface area contributed by atoms with E-state index < -0.39 is 0 Å². The lowest BCUT2D eigenvalue weighted by molar-refractivity contribution is -0.132. The highest BCUT2D eigenvalue weighted by Crippen LogP contribution is 2.34. The Kier molecular flexibility index (Phi) is 4.91. The lowest BCUT2D eigenvalue weighted by Crippen LogP contribution is -2.46. The molecule has 104 valence electrons. The average Bonchev–Trinajstić information content (AvgIpc) is 2.42. The molecule has 0 aromatic heterocycles. The number of piperidine rings is 1. The van der Waals surface area contributed by atoms with E-state index in [4.69, 9.17) is 33.7 Å². The number of hydrogen-bond donors (Lipinski definition) is 1. The SMILES string of the molecule is NCC(=O)N1CCCC(Oc2c(Cl)cccc2Cl)C1. The standard InChI is InChI=1S/C13H16Cl2N2O2/c14-10-4-1-5-11(15)13(10)19-9-3-2-6-17(8-9)12(18)7-16/h1,4-5,9H,2-3,6-8,16H2. The zero-order chi connectivity index (χ0) is 13.8. The number of ether oxygens (including phenoxy) is 1. The van der Waals surface area contributed by atoms with Crippen molar-refractivity contribution in [3.05, 3.63) is 28.2 Å². The van der Waals surface area contributed by atoms with Crippen LogP contribution in [0.15, 0.2) is 18.2 Å². The van der Waals surface area contributed by atoms with Gasteiger partial charge in [0.05, 0.1) is 23.1 Å². The van der Waals surface area contributed by atoms with E-state index in [0.29, 0.717) is 22.3 Å². The van der Waals surface area contributed by atoms with Gasteiger partial charge in [-0.1, -0.05) is 29.3 Å². The minimum absolute atomic E-state index is 0.0274. The predicted molar refractivity (Wildman–Crippen MR) is 75.7 cm³/mol. The minimum Gasteiger partial charge on any atom is -0.485 e. The number of nitrogens with two attached hydrogens (primary N) is 1. The van der Waals surface area contributed by atoms with Crippen LogP contribution in [0, 0.1) is 0 Å². The van der Waals surface area contributed by atoms with Crippen molar-refractivity contribution in [1.29, 1.82) is 0 Å². The Morgan fingerprint density at radius 3 is 2.74 bits per heavy atom. The summed E-state index contributed by atoms with van der Waals surface area (Å²) in [6, 6.07) is 5.23. The Morgan fingerprint density at radius 1 is 1.42 bits per heavy atom. The van der Waals surface area contributed by atoms with Crippen LogP contribution in [0.4, 0.5) is 0 Å². The average molecular weight is 303 g/mol. The molecule has 1 heterocycles. The number of amides is 1. The van der Waals surface area contributed by atoms with Crippen molar-refractivity contribution in [2.75, 3.05) is 19.6 Å². The van der Waals surface area contributed by atoms with Crippen LogP contribution in [0.2, 0.25) is 10.0 Å². The summed E-state index contributed by atoms with van der Waals surface area (Å²) >= 11 is 12.1. The molecule has 19 heavy (non-hydrogen) atoms. The topological polar surface area (TPSA) is 55.6 Å². The highest BCUT2D eigenvalue weighted by molar-refractivity contribution is 6.37. The summed E-state index contributed by atoms with van der Waals surface area (Å²) < 4.78 is 5.84. The summed E-state index contributed by atoms with van der Waals surface area (Å²) in [5.74, 6) is 0.427. The number of benzene rings is 1. The molecule has 1 amide bonds. The number of rotatable bonds is 3. The van der Waals surface area contributed by atoms with Crippen molar-refractivity contribution in [3.8, 4) is 5.75 Å². The van der Waals surface area contributed by atoms with Crippen molar-refractivity contribution < 1.29 is 9.53 Å². The summed E-state index contributed by atoms with van der Waals surface area (Å²) in [5.41, 5.74) is 5.37. The summed E-state index contributed by atoms with van der Waals surface area (Å²) in [6.07, 6.45) is 1.66. The van der Waals surface area contributed by atoms with E-state index in [1.165, 1.54) is 0 Å². The lowest BCUT2D eigenvalue weighted by atomic mass is 10.1. The van der Waals surface area contributed by atoms with Gasteiger partial charge in [-0.05, 0) is 25.0 Å². The molecule has 2 N–H and O–H groups in total. The monoisotopic (exact) mass is 302 g/mol. The zero-order valence-corrected chi connectivity index (χ0v) is 12.0. The van der Waals surface area contributed by atoms with E-state index in [0.717, 1.165) is 19.4 Å². The molecule has 4 nitrogen and oxygen atoms in total. The van der Waals surface area contributed by atoms with Gasteiger partial charge in [0.2, 0.25) is 5.91 Å². The van der Waals surface area contributed by atoms with Crippen molar-refractivity contribution in [3.63, 3.8) is 0 Å². The molecule has 1 fully saturated rings. The third-order valence-corrected chi connectivity index (χ3v) is 3.70. The molecule has 2 rings (SSSR count). The van der Waals surface area contributed by atoms with Gasteiger partial charge < -0.3 is 15.4 Å². The van der Waals surface area contributed by atoms with Gasteiger partial charge in [-0.25, -0.2) is 0 Å². The van der Waals surface area contributed by atoms with Crippen molar-refractivity contribution in [2.45, 2.75) is 18.9 Å². The fourth-order valence-electron chi connectivity index (χ4n) is 2.15. The molecule has 6 heteroatoms. The molecule has 1 atom stereocenters. The summed E-state index contributed by atoms with van der Waals surface area (Å²) in [6.45, 7) is 1.28. The van der Waals surface area contributed by atoms with Crippen LogP contribution < -0.4 is 10.5 Å². The second-order valence-electron chi connectivity index (χ2n) is 4.48. The molecule has 1 unspecified atom stereocenters. The molecular formula is C13H16Cl2N2O2. The van der Waals surface area contributed by atoms with Gasteiger partial charge in [0, 0.05) is 6.54 Å². The normalized spacial score (nSPS) is 19.3. The van der Waals surface area contributed by atoms with Gasteiger partial charge in [0.25, 0.3) is 0 Å². The van der Waals surface area contributed by atoms with Crippen molar-refractivity contribution >= 4 is 29.1 Å². The third-order valence-electron chi connectivity index (χ3n) is 3.11. The molecule has 0 aliphatic carbocycles. The third kappa shape index (κ3) is 3.53. The number of hydrogen-bond acceptors (Lipinski definition) is 3. The van der Waals surface area contributed by atoms with Crippen LogP contribution in [0.5, 0.6) is 5.75 Å². The molecular weight excluding hydrogens is 287 g/mol. The van der Waals surface area contributed by atoms with E-state index in [1.54, 1.807) is 23.1 Å². The van der Waals surface area contributed by atoms with E-state index in [2.05, 4.69) is 0 Å². The van der Waals surface area contributed by atoms with E-state index in [1.807, 2.05) is 0 Å². The summed E-state index contributed by atoms with van der Waals surface area (Å²) in [7, 11) is 0. The van der Waals surface area contributed by atoms with Crippen LogP contribution in [0.3, 0.4) is 0 Å². The fraction of sp³-hybridized carbons (Fsp3) is 0.462. The largest absolute Gasteiger partial charge is 0.485 e. The van der Waals surface area contributed by atoms with Crippen LogP contribution in [0.25, 0.3) is 0 Å². The first-order chi connectivity index (χ1) is 9.11. The number of para-hydroxylation sites is 1. The van der Waals surface area contributed by atoms with E-state index >= 15 is 0 Å². The molecule has 1 aromatic rings. The van der Waals surface area contributed by atoms with Gasteiger partial charge in [-0.15, -0.1) is 0 Å². The number of nitrogens with zero attached hydrogens (tertiary/aromatic N) is 1. The maximum atomic E-state index is 11.6. The van der Waals surface area contributed by atoms with Crippen LogP contribution in [-0.4, -0.2) is 36.5 Å². The molecule has 1 saturated heterocycles. The zero-order valence-electron chi connectivity index (χ0n) is 10.4. The highest BCUT2D eigenvalue weighted by Gasteiger charge is 2.25. The molecule has 1 aromatic carbocycles. The lowest BCUT2D eigenvalue weighted by Gasteiger charge is -2.33. The first-order valence-electron chi connectivity index (χ1n) is 6.20. The second kappa shape index (κ2) is 6.46. The van der Waals surface area contributed by atoms with Crippen LogP contribution >= 0.6 is 23.2 Å². The minimum atomic E-state index is -0.0957. The Bertz CT molecular complexity index is 448. The van der Waals surface area contributed by atoms with E-state index in [9.17, 15) is 4.79 Å². The Hall–Kier alpha value is -0.970. The first-order valence-corrected chi connectivity index (χ1v) is 6.96. The van der Waals surface area contributed by atoms with Gasteiger partial charge in [-0.3, -0.25) is 4.79 Å². The van der Waals surface area contributed by atoms with Crippen molar-refractivity contribution in [1.82, 2.24) is 4.90 Å². The van der Waals surface area contributed by atoms with Gasteiger partial charge in [0.1, 0.15) is 6.10 Å². The van der Waals surface area contributed by atoms with Crippen molar-refractivity contribution in [2.24, 2.45) is 5.73 Å². The number of carbonyl (C=O) groups is 1. The number of halogens is 2. The number of likely N-dealkylation sites (tertiary alicyclic amines) is 1. The summed E-state index contributed by atoms with van der Waals surface area (Å²) in [4.78, 5) is 13.3. The highest BCUT2D eigenvalue weighted by atomic mass is 35.5. The van der Waals surface area contributed by atoms with Crippen LogP contribution in [0.1, 0.15) is 12.8 Å². The van der Waals surface area contributed by atoms with E-state index in [-0.39, 0.29) is 18.6 Å². The molecule has 0 radical (unpaired) electrons. The van der Waals surface area contributed by atoms with Gasteiger partial charge in [-0.2, -0.15) is 0 Å². The Morgan fingerprint density at radius 2 is 2.11 bits per heavy atom. The first kappa shape index (κ1) is 14.4. The Balaban J connectivity index is 2.05. The molecule has 0 spiro atoms. The maximum Gasteiger partial charge on any atom is 0.236 e. The fourth-order valence-corrected chi connectivity index (χ4v) is 2.64. The predicted octanol–water partition coefficient (Wildman–Crippen LogP) is 2.32. The number of carbonyl (C=O) groups excluding carboxylic acids is 1. The maximum absolute atomic E-state index is 11.6. The Labute approximate surface area is 122 Å². The summed E-state index contributed by atoms with van der Waals surface area (Å²) in [5, 5.41) is 0.963. The van der Waals surface area contributed by atoms with Crippen LogP contribution in [-0.2, 0) is 4.79 Å². The smallest absolute Gasteiger partial charge is 0.236 e. The second-order valence-corrected chi connectivity index (χ2v) is 5.29. The molecule has 1 aliphatic heterocycles. The molecule has 1 aliphatic rings. The van der Waals surface area contributed by atoms with Gasteiger partial charge >= 0.3 is 0 Å². The molecule has 0 bridgehead atoms. The molecule has 0 saturated carbocycles. The van der Waals surface area contributed by atoms with Gasteiger partial charge in [0.15, 0.2) is 5.75 Å².